The maximum atomic E-state index is 13.6. The van der Waals surface area contributed by atoms with Gasteiger partial charge in [0.15, 0.2) is 0 Å². The fraction of sp³-hybridized carbons (Fsp3) is 0.417. The largest absolute Gasteiger partial charge is 0.354 e. The Morgan fingerprint density at radius 3 is 2.24 bits per heavy atom. The smallest absolute Gasteiger partial charge is 0.304 e. The minimum atomic E-state index is -3.97. The Balaban J connectivity index is 2.40. The normalized spacial score (nSPS) is 12.3. The molecule has 0 saturated carbocycles. The van der Waals surface area contributed by atoms with Crippen LogP contribution < -0.4 is 9.62 Å². The lowest BCUT2D eigenvalue weighted by Crippen LogP contribution is -2.52. The Morgan fingerprint density at radius 2 is 1.65 bits per heavy atom. The summed E-state index contributed by atoms with van der Waals surface area (Å²) in [4.78, 5) is 27.8. The number of benzene rings is 2. The third-order valence-corrected chi connectivity index (χ3v) is 7.55. The van der Waals surface area contributed by atoms with Crippen LogP contribution in [0.15, 0.2) is 54.6 Å². The molecule has 2 aromatic carbocycles. The average molecular weight is 509 g/mol. The molecule has 2 amide bonds. The molecule has 2 aromatic rings. The van der Waals surface area contributed by atoms with Crippen LogP contribution in [0.1, 0.15) is 32.3 Å². The molecule has 0 aliphatic heterocycles. The molecule has 34 heavy (non-hydrogen) atoms. The van der Waals surface area contributed by atoms with E-state index in [2.05, 4.69) is 5.32 Å². The summed E-state index contributed by atoms with van der Waals surface area (Å²) in [6, 6.07) is 14.6. The van der Waals surface area contributed by atoms with E-state index in [1.807, 2.05) is 6.92 Å². The molecule has 0 saturated heterocycles. The van der Waals surface area contributed by atoms with Gasteiger partial charge in [-0.15, -0.1) is 0 Å². The third-order valence-electron chi connectivity index (χ3n) is 5.36. The molecule has 0 unspecified atom stereocenters. The van der Waals surface area contributed by atoms with Crippen molar-refractivity contribution in [2.24, 2.45) is 0 Å². The van der Waals surface area contributed by atoms with Crippen LogP contribution in [0.3, 0.4) is 0 Å². The second kappa shape index (κ2) is 12.7. The molecule has 0 spiro atoms. The Labute approximate surface area is 207 Å². The van der Waals surface area contributed by atoms with Gasteiger partial charge in [-0.2, -0.15) is 12.7 Å². The van der Waals surface area contributed by atoms with Crippen LogP contribution >= 0.6 is 11.6 Å². The highest BCUT2D eigenvalue weighted by atomic mass is 35.5. The van der Waals surface area contributed by atoms with E-state index < -0.39 is 28.7 Å². The number of nitrogens with one attached hydrogen (secondary N) is 1. The van der Waals surface area contributed by atoms with Gasteiger partial charge in [0.2, 0.25) is 11.8 Å². The minimum absolute atomic E-state index is 0.0610. The minimum Gasteiger partial charge on any atom is -0.354 e. The van der Waals surface area contributed by atoms with Crippen molar-refractivity contribution in [2.45, 2.75) is 39.3 Å². The molecule has 0 bridgehead atoms. The zero-order chi connectivity index (χ0) is 25.3. The summed E-state index contributed by atoms with van der Waals surface area (Å²) < 4.78 is 28.2. The van der Waals surface area contributed by atoms with Crippen molar-refractivity contribution in [1.82, 2.24) is 14.5 Å². The molecule has 1 N–H and O–H groups in total. The van der Waals surface area contributed by atoms with E-state index >= 15 is 0 Å². The summed E-state index contributed by atoms with van der Waals surface area (Å²) in [6.45, 7) is 3.74. The molecular weight excluding hydrogens is 476 g/mol. The monoisotopic (exact) mass is 508 g/mol. The average Bonchev–Trinajstić information content (AvgIpc) is 2.81. The van der Waals surface area contributed by atoms with Crippen molar-refractivity contribution in [3.63, 3.8) is 0 Å². The predicted octanol–water partition coefficient (Wildman–Crippen LogP) is 3.29. The molecule has 0 heterocycles. The van der Waals surface area contributed by atoms with E-state index in [1.54, 1.807) is 61.5 Å². The molecule has 0 aliphatic carbocycles. The van der Waals surface area contributed by atoms with Gasteiger partial charge in [-0.3, -0.25) is 9.59 Å². The highest BCUT2D eigenvalue weighted by Gasteiger charge is 2.32. The van der Waals surface area contributed by atoms with Crippen molar-refractivity contribution in [3.8, 4) is 0 Å². The molecule has 1 atom stereocenters. The van der Waals surface area contributed by atoms with Crippen molar-refractivity contribution >= 4 is 39.3 Å². The van der Waals surface area contributed by atoms with Gasteiger partial charge >= 0.3 is 10.2 Å². The number of halogens is 1. The van der Waals surface area contributed by atoms with Crippen LogP contribution in [0.25, 0.3) is 0 Å². The zero-order valence-electron chi connectivity index (χ0n) is 20.1. The predicted molar refractivity (Wildman–Crippen MR) is 136 cm³/mol. The zero-order valence-corrected chi connectivity index (χ0v) is 21.6. The third kappa shape index (κ3) is 7.19. The molecule has 0 aliphatic rings. The second-order valence-corrected chi connectivity index (χ2v) is 10.5. The first-order valence-electron chi connectivity index (χ1n) is 11.1. The number of hydrogen-bond acceptors (Lipinski definition) is 4. The highest BCUT2D eigenvalue weighted by molar-refractivity contribution is 7.90. The topological polar surface area (TPSA) is 90.0 Å². The maximum Gasteiger partial charge on any atom is 0.304 e. The van der Waals surface area contributed by atoms with E-state index in [0.29, 0.717) is 22.8 Å². The number of carbonyl (C=O) groups excluding carboxylic acids is 2. The standard InChI is InChI=1S/C24H33ClN4O4S/c1-5-6-16-26-24(31)19(2)28(17-20-12-10-11-15-22(20)25)23(30)18-29(34(32,33)27(3)4)21-13-8-7-9-14-21/h7-15,19H,5-6,16-18H2,1-4H3,(H,26,31)/t19-/m0/s1. The Morgan fingerprint density at radius 1 is 1.03 bits per heavy atom. The fourth-order valence-electron chi connectivity index (χ4n) is 3.24. The number of hydrogen-bond donors (Lipinski definition) is 1. The van der Waals surface area contributed by atoms with Gasteiger partial charge < -0.3 is 10.2 Å². The Hall–Kier alpha value is -2.62. The Bertz CT molecular complexity index is 1060. The van der Waals surface area contributed by atoms with Crippen LogP contribution in [0.5, 0.6) is 0 Å². The number of carbonyl (C=O) groups is 2. The van der Waals surface area contributed by atoms with Gasteiger partial charge in [-0.1, -0.05) is 61.3 Å². The summed E-state index contributed by atoms with van der Waals surface area (Å²) in [6.07, 6.45) is 1.74. The number of unbranched alkanes of at least 4 members (excludes halogenated alkanes) is 1. The van der Waals surface area contributed by atoms with Crippen molar-refractivity contribution in [3.05, 3.63) is 65.2 Å². The summed E-state index contributed by atoms with van der Waals surface area (Å²) >= 11 is 6.32. The van der Waals surface area contributed by atoms with Crippen LogP contribution in [-0.4, -0.2) is 62.7 Å². The van der Waals surface area contributed by atoms with Gasteiger partial charge in [-0.05, 0) is 37.1 Å². The second-order valence-electron chi connectivity index (χ2n) is 8.07. The lowest BCUT2D eigenvalue weighted by atomic mass is 10.1. The van der Waals surface area contributed by atoms with Gasteiger partial charge in [-0.25, -0.2) is 4.31 Å². The quantitative estimate of drug-likeness (QED) is 0.445. The molecule has 8 nitrogen and oxygen atoms in total. The molecule has 186 valence electrons. The van der Waals surface area contributed by atoms with Crippen molar-refractivity contribution < 1.29 is 18.0 Å². The van der Waals surface area contributed by atoms with Crippen LogP contribution in [0.2, 0.25) is 5.02 Å². The molecule has 0 radical (unpaired) electrons. The SMILES string of the molecule is CCCCNC(=O)[C@H](C)N(Cc1ccccc1Cl)C(=O)CN(c1ccccc1)S(=O)(=O)N(C)C. The van der Waals surface area contributed by atoms with Gasteiger partial charge in [0.25, 0.3) is 0 Å². The van der Waals surface area contributed by atoms with Gasteiger partial charge in [0.05, 0.1) is 5.69 Å². The maximum absolute atomic E-state index is 13.6. The lowest BCUT2D eigenvalue weighted by Gasteiger charge is -2.33. The molecular formula is C24H33ClN4O4S. The van der Waals surface area contributed by atoms with E-state index in [9.17, 15) is 18.0 Å². The molecule has 10 heteroatoms. The first-order valence-corrected chi connectivity index (χ1v) is 12.9. The van der Waals surface area contributed by atoms with Crippen molar-refractivity contribution in [1.29, 1.82) is 0 Å². The first kappa shape index (κ1) is 27.6. The number of amides is 2. The van der Waals surface area contributed by atoms with Crippen LogP contribution in [0, 0.1) is 0 Å². The summed E-state index contributed by atoms with van der Waals surface area (Å²) in [5.74, 6) is -0.831. The van der Waals surface area contributed by atoms with Crippen LogP contribution in [0.4, 0.5) is 5.69 Å². The first-order chi connectivity index (χ1) is 16.1. The van der Waals surface area contributed by atoms with E-state index in [1.165, 1.54) is 19.0 Å². The number of para-hydroxylation sites is 1. The molecule has 2 rings (SSSR count). The van der Waals surface area contributed by atoms with E-state index in [-0.39, 0.29) is 12.5 Å². The summed E-state index contributed by atoms with van der Waals surface area (Å²) in [5.41, 5.74) is 1.01. The number of nitrogens with zero attached hydrogens (tertiary/aromatic N) is 3. The molecule has 0 fully saturated rings. The lowest BCUT2D eigenvalue weighted by molar-refractivity contribution is -0.139. The Kier molecular flexibility index (Phi) is 10.3. The van der Waals surface area contributed by atoms with Gasteiger partial charge in [0.1, 0.15) is 12.6 Å². The van der Waals surface area contributed by atoms with Gasteiger partial charge in [0, 0.05) is 32.2 Å². The van der Waals surface area contributed by atoms with E-state index in [0.717, 1.165) is 21.5 Å². The van der Waals surface area contributed by atoms with E-state index in [4.69, 9.17) is 11.6 Å². The summed E-state index contributed by atoms with van der Waals surface area (Å²) in [5, 5.41) is 3.30. The van der Waals surface area contributed by atoms with Crippen LogP contribution in [-0.2, 0) is 26.3 Å². The molecule has 0 aromatic heterocycles. The van der Waals surface area contributed by atoms with Crippen molar-refractivity contribution in [2.75, 3.05) is 31.5 Å². The summed E-state index contributed by atoms with van der Waals surface area (Å²) in [7, 11) is -1.16. The fourth-order valence-corrected chi connectivity index (χ4v) is 4.49. The number of anilines is 1. The number of rotatable bonds is 12. The highest BCUT2D eigenvalue weighted by Crippen LogP contribution is 2.22.